The van der Waals surface area contributed by atoms with Crippen LogP contribution in [0, 0.1) is 0 Å². The monoisotopic (exact) mass is 364 g/mol. The number of carbonyl (C=O) groups is 2. The third-order valence-electron chi connectivity index (χ3n) is 3.95. The number of hydrogen-bond donors (Lipinski definition) is 0. The van der Waals surface area contributed by atoms with Crippen LogP contribution in [0.5, 0.6) is 5.75 Å². The van der Waals surface area contributed by atoms with Crippen molar-refractivity contribution in [1.29, 1.82) is 0 Å². The Labute approximate surface area is 154 Å². The fourth-order valence-electron chi connectivity index (χ4n) is 2.64. The molecule has 2 aromatic rings. The van der Waals surface area contributed by atoms with Gasteiger partial charge in [-0.05, 0) is 36.3 Å². The van der Waals surface area contributed by atoms with E-state index < -0.39 is 17.6 Å². The molecule has 6 heteroatoms. The van der Waals surface area contributed by atoms with Crippen LogP contribution in [-0.2, 0) is 14.3 Å². The number of rotatable bonds is 5. The molecule has 27 heavy (non-hydrogen) atoms. The number of esters is 2. The fraction of sp³-hybridized carbons (Fsp3) is 0.0952. The zero-order valence-corrected chi connectivity index (χ0v) is 14.4. The van der Waals surface area contributed by atoms with Crippen LogP contribution in [-0.4, -0.2) is 11.9 Å². The van der Waals surface area contributed by atoms with Crippen LogP contribution in [0.4, 0.5) is 0 Å². The third kappa shape index (κ3) is 4.12. The lowest BCUT2D eigenvalue weighted by molar-refractivity contribution is -0.134. The molecule has 0 spiro atoms. The van der Waals surface area contributed by atoms with Crippen molar-refractivity contribution >= 4 is 28.5 Å². The van der Waals surface area contributed by atoms with Crippen molar-refractivity contribution in [2.75, 3.05) is 0 Å². The van der Waals surface area contributed by atoms with Crippen molar-refractivity contribution in [2.24, 2.45) is 0 Å². The molecule has 3 rings (SSSR count). The van der Waals surface area contributed by atoms with Gasteiger partial charge in [0.15, 0.2) is 0 Å². The van der Waals surface area contributed by atoms with Gasteiger partial charge >= 0.3 is 17.6 Å². The van der Waals surface area contributed by atoms with E-state index in [4.69, 9.17) is 13.9 Å². The van der Waals surface area contributed by atoms with Crippen LogP contribution in [0.2, 0.25) is 0 Å². The number of ether oxygens (including phenoxy) is 2. The number of benzene rings is 1. The highest BCUT2D eigenvalue weighted by molar-refractivity contribution is 5.86. The van der Waals surface area contributed by atoms with Crippen LogP contribution in [0.1, 0.15) is 18.4 Å². The van der Waals surface area contributed by atoms with E-state index in [0.29, 0.717) is 35.1 Å². The summed E-state index contributed by atoms with van der Waals surface area (Å²) >= 11 is 0. The van der Waals surface area contributed by atoms with Crippen molar-refractivity contribution in [1.82, 2.24) is 0 Å². The second-order valence-corrected chi connectivity index (χ2v) is 5.72. The predicted octanol–water partition coefficient (Wildman–Crippen LogP) is 3.67. The van der Waals surface area contributed by atoms with E-state index in [9.17, 15) is 14.4 Å². The second kappa shape index (κ2) is 7.70. The van der Waals surface area contributed by atoms with Gasteiger partial charge in [0.25, 0.3) is 0 Å². The normalized spacial score (nSPS) is 13.3. The van der Waals surface area contributed by atoms with Crippen LogP contribution in [0.15, 0.2) is 76.7 Å². The summed E-state index contributed by atoms with van der Waals surface area (Å²) in [6.07, 6.45) is 6.54. The number of hydrogen-bond acceptors (Lipinski definition) is 6. The molecule has 0 atom stereocenters. The molecule has 1 aliphatic carbocycles. The Bertz CT molecular complexity index is 1070. The number of carbonyl (C=O) groups excluding carboxylic acids is 2. The van der Waals surface area contributed by atoms with E-state index in [-0.39, 0.29) is 5.75 Å². The zero-order valence-electron chi connectivity index (χ0n) is 14.4. The average Bonchev–Trinajstić information content (AvgIpc) is 2.68. The van der Waals surface area contributed by atoms with E-state index in [2.05, 4.69) is 13.2 Å². The van der Waals surface area contributed by atoms with E-state index in [1.54, 1.807) is 30.4 Å². The predicted molar refractivity (Wildman–Crippen MR) is 99.9 cm³/mol. The summed E-state index contributed by atoms with van der Waals surface area (Å²) in [6, 6.07) is 6.50. The lowest BCUT2D eigenvalue weighted by Crippen LogP contribution is -2.09. The number of fused-ring (bicyclic) bond motifs is 1. The molecule has 0 radical (unpaired) electrons. The molecule has 1 aromatic carbocycles. The SMILES string of the molecule is C=CC(=O)OC1=CC=C(c2cc3ccc(OC(=O)C=C)cc3oc2=O)CC1. The standard InChI is InChI=1S/C21H16O6/c1-3-19(22)25-15-8-5-13(6-9-15)17-11-14-7-10-16(26-20(23)4-2)12-18(14)27-21(17)24/h3-5,7-8,10-12H,1-2,6,9H2. The highest BCUT2D eigenvalue weighted by Gasteiger charge is 2.16. The maximum absolute atomic E-state index is 12.4. The van der Waals surface area contributed by atoms with E-state index in [1.807, 2.05) is 0 Å². The van der Waals surface area contributed by atoms with E-state index in [0.717, 1.165) is 17.7 Å². The lowest BCUT2D eigenvalue weighted by atomic mass is 9.97. The molecular formula is C21H16O6. The van der Waals surface area contributed by atoms with Gasteiger partial charge < -0.3 is 13.9 Å². The zero-order chi connectivity index (χ0) is 19.4. The molecule has 136 valence electrons. The molecule has 0 bridgehead atoms. The average molecular weight is 364 g/mol. The molecule has 0 amide bonds. The van der Waals surface area contributed by atoms with Gasteiger partial charge in [-0.3, -0.25) is 0 Å². The minimum absolute atomic E-state index is 0.261. The Morgan fingerprint density at radius 3 is 2.41 bits per heavy atom. The van der Waals surface area contributed by atoms with Crippen molar-refractivity contribution < 1.29 is 23.5 Å². The Morgan fingerprint density at radius 2 is 1.74 bits per heavy atom. The molecular weight excluding hydrogens is 348 g/mol. The van der Waals surface area contributed by atoms with Crippen LogP contribution in [0.3, 0.4) is 0 Å². The maximum atomic E-state index is 12.4. The molecule has 0 saturated heterocycles. The summed E-state index contributed by atoms with van der Waals surface area (Å²) in [5.74, 6) is -0.337. The largest absolute Gasteiger partial charge is 0.428 e. The first-order valence-corrected chi connectivity index (χ1v) is 8.16. The Morgan fingerprint density at radius 1 is 1.00 bits per heavy atom. The molecule has 1 aliphatic rings. The van der Waals surface area contributed by atoms with Gasteiger partial charge in [0.1, 0.15) is 17.1 Å². The fourth-order valence-corrected chi connectivity index (χ4v) is 2.64. The van der Waals surface area contributed by atoms with Crippen molar-refractivity contribution in [3.8, 4) is 5.75 Å². The minimum atomic E-state index is -0.597. The smallest absolute Gasteiger partial charge is 0.343 e. The summed E-state index contributed by atoms with van der Waals surface area (Å²) in [5.41, 5.74) is 1.03. The van der Waals surface area contributed by atoms with Crippen LogP contribution in [0.25, 0.3) is 16.5 Å². The summed E-state index contributed by atoms with van der Waals surface area (Å²) in [5, 5.41) is 0.691. The Hall–Kier alpha value is -3.67. The first kappa shape index (κ1) is 18.1. The Kier molecular flexibility index (Phi) is 5.17. The van der Waals surface area contributed by atoms with E-state index in [1.165, 1.54) is 6.07 Å². The molecule has 0 unspecified atom stereocenters. The molecule has 1 heterocycles. The molecule has 6 nitrogen and oxygen atoms in total. The first-order valence-electron chi connectivity index (χ1n) is 8.16. The highest BCUT2D eigenvalue weighted by Crippen LogP contribution is 2.28. The molecule has 0 N–H and O–H groups in total. The summed E-state index contributed by atoms with van der Waals surface area (Å²) in [7, 11) is 0. The van der Waals surface area contributed by atoms with Gasteiger partial charge in [0, 0.05) is 30.0 Å². The van der Waals surface area contributed by atoms with Crippen LogP contribution < -0.4 is 10.4 Å². The van der Waals surface area contributed by atoms with Gasteiger partial charge in [-0.25, -0.2) is 14.4 Å². The maximum Gasteiger partial charge on any atom is 0.343 e. The van der Waals surface area contributed by atoms with Crippen molar-refractivity contribution in [3.63, 3.8) is 0 Å². The highest BCUT2D eigenvalue weighted by atomic mass is 16.5. The van der Waals surface area contributed by atoms with Gasteiger partial charge in [0.05, 0.1) is 5.56 Å². The summed E-state index contributed by atoms with van der Waals surface area (Å²) < 4.78 is 15.5. The molecule has 1 aromatic heterocycles. The molecule has 0 fully saturated rings. The van der Waals surface area contributed by atoms with Crippen molar-refractivity contribution in [3.05, 3.63) is 83.5 Å². The van der Waals surface area contributed by atoms with E-state index >= 15 is 0 Å². The van der Waals surface area contributed by atoms with Gasteiger partial charge in [-0.1, -0.05) is 19.2 Å². The molecule has 0 saturated carbocycles. The quantitative estimate of drug-likeness (QED) is 0.348. The molecule has 0 aliphatic heterocycles. The third-order valence-corrected chi connectivity index (χ3v) is 3.95. The Balaban J connectivity index is 1.91. The number of allylic oxidation sites excluding steroid dienone is 4. The van der Waals surface area contributed by atoms with Gasteiger partial charge in [-0.2, -0.15) is 0 Å². The van der Waals surface area contributed by atoms with Gasteiger partial charge in [-0.15, -0.1) is 0 Å². The summed E-state index contributed by atoms with van der Waals surface area (Å²) in [6.45, 7) is 6.68. The van der Waals surface area contributed by atoms with Crippen LogP contribution >= 0.6 is 0 Å². The topological polar surface area (TPSA) is 82.8 Å². The summed E-state index contributed by atoms with van der Waals surface area (Å²) in [4.78, 5) is 34.9. The first-order chi connectivity index (χ1) is 13.0. The lowest BCUT2D eigenvalue weighted by Gasteiger charge is -2.14. The second-order valence-electron chi connectivity index (χ2n) is 5.72. The van der Waals surface area contributed by atoms with Gasteiger partial charge in [0.2, 0.25) is 0 Å². The van der Waals surface area contributed by atoms with Crippen molar-refractivity contribution in [2.45, 2.75) is 12.8 Å². The minimum Gasteiger partial charge on any atom is -0.428 e.